The lowest BCUT2D eigenvalue weighted by atomic mass is 10.5. The number of nitrogens with zero attached hydrogens (tertiary/aromatic N) is 2. The number of nitrogens with two attached hydrogens (primary N) is 1. The first-order valence-electron chi connectivity index (χ1n) is 1.98. The molecule has 7 heavy (non-hydrogen) atoms. The summed E-state index contributed by atoms with van der Waals surface area (Å²) in [5.41, 5.74) is 0.738. The van der Waals surface area contributed by atoms with Crippen LogP contribution < -0.4 is 5.84 Å². The Balaban J connectivity index is 3.58. The molecule has 0 heterocycles. The summed E-state index contributed by atoms with van der Waals surface area (Å²) in [4.78, 5) is 3.67. The van der Waals surface area contributed by atoms with Crippen LogP contribution in [0.4, 0.5) is 0 Å². The zero-order valence-corrected chi connectivity index (χ0v) is 4.55. The summed E-state index contributed by atoms with van der Waals surface area (Å²) in [5.74, 6) is 4.85. The summed E-state index contributed by atoms with van der Waals surface area (Å²) in [6.07, 6.45) is 1.60. The lowest BCUT2D eigenvalue weighted by Gasteiger charge is -1.79. The number of aliphatic imine (C=N–C) groups is 1. The van der Waals surface area contributed by atoms with E-state index in [1.54, 1.807) is 20.2 Å². The molecule has 0 radical (unpaired) electrons. The van der Waals surface area contributed by atoms with E-state index in [1.165, 1.54) is 0 Å². The van der Waals surface area contributed by atoms with Crippen LogP contribution in [0.2, 0.25) is 0 Å². The molecule has 0 aliphatic carbocycles. The Labute approximate surface area is 42.9 Å². The van der Waals surface area contributed by atoms with Crippen LogP contribution in [0.15, 0.2) is 10.1 Å². The highest BCUT2D eigenvalue weighted by molar-refractivity contribution is 6.29. The van der Waals surface area contributed by atoms with Crippen molar-refractivity contribution in [3.05, 3.63) is 0 Å². The maximum absolute atomic E-state index is 4.85. The smallest absolute Gasteiger partial charge is 0.0747 e. The van der Waals surface area contributed by atoms with Crippen molar-refractivity contribution in [2.75, 3.05) is 7.05 Å². The van der Waals surface area contributed by atoms with Gasteiger partial charge >= 0.3 is 0 Å². The average molecular weight is 99.1 g/mol. The van der Waals surface area contributed by atoms with Crippen LogP contribution in [0, 0.1) is 0 Å². The molecule has 3 heteroatoms. The summed E-state index contributed by atoms with van der Waals surface area (Å²) in [6, 6.07) is 0. The third-order valence-electron chi connectivity index (χ3n) is 0.520. The first kappa shape index (κ1) is 6.14. The minimum absolute atomic E-state index is 0.738. The highest BCUT2D eigenvalue weighted by Gasteiger charge is 1.74. The predicted octanol–water partition coefficient (Wildman–Crippen LogP) is 0.0216. The van der Waals surface area contributed by atoms with Crippen molar-refractivity contribution in [1.29, 1.82) is 0 Å². The molecule has 0 aromatic rings. The zero-order valence-electron chi connectivity index (χ0n) is 4.55. The molecule has 0 saturated heterocycles. The summed E-state index contributed by atoms with van der Waals surface area (Å²) in [7, 11) is 1.68. The van der Waals surface area contributed by atoms with Crippen molar-refractivity contribution >= 4 is 11.9 Å². The molecule has 0 aliphatic rings. The summed E-state index contributed by atoms with van der Waals surface area (Å²) in [6.45, 7) is 1.78. The molecule has 40 valence electrons. The zero-order chi connectivity index (χ0) is 5.70. The van der Waals surface area contributed by atoms with E-state index in [2.05, 4.69) is 10.1 Å². The van der Waals surface area contributed by atoms with Crippen LogP contribution >= 0.6 is 0 Å². The minimum atomic E-state index is 0.738. The molecule has 0 aliphatic heterocycles. The first-order chi connectivity index (χ1) is 3.31. The molecule has 0 aromatic heterocycles. The lowest BCUT2D eigenvalue weighted by molar-refractivity contribution is 1.25. The molecule has 3 nitrogen and oxygen atoms in total. The number of hydrogen-bond acceptors (Lipinski definition) is 3. The maximum Gasteiger partial charge on any atom is 0.0747 e. The van der Waals surface area contributed by atoms with Crippen LogP contribution in [0.1, 0.15) is 6.92 Å². The second kappa shape index (κ2) is 3.33. The second-order valence-electron chi connectivity index (χ2n) is 1.16. The highest BCUT2D eigenvalue weighted by Crippen LogP contribution is 1.62. The Hall–Kier alpha value is -0.860. The van der Waals surface area contributed by atoms with Crippen molar-refractivity contribution in [2.24, 2.45) is 15.9 Å². The van der Waals surface area contributed by atoms with Gasteiger partial charge in [-0.3, -0.25) is 4.99 Å². The molecule has 2 N–H and O–H groups in total. The molecule has 0 aromatic carbocycles. The van der Waals surface area contributed by atoms with Gasteiger partial charge in [0, 0.05) is 13.3 Å². The first-order valence-corrected chi connectivity index (χ1v) is 1.98. The van der Waals surface area contributed by atoms with Gasteiger partial charge in [-0.1, -0.05) is 0 Å². The normalized spacial score (nSPS) is 13.1. The fraction of sp³-hybridized carbons (Fsp3) is 0.500. The Morgan fingerprint density at radius 1 is 1.71 bits per heavy atom. The van der Waals surface area contributed by atoms with E-state index in [0.29, 0.717) is 0 Å². The van der Waals surface area contributed by atoms with Gasteiger partial charge < -0.3 is 5.84 Å². The van der Waals surface area contributed by atoms with Crippen LogP contribution in [-0.2, 0) is 0 Å². The SMILES string of the molecule is CN=C/C(C)=N/N. The topological polar surface area (TPSA) is 50.7 Å². The van der Waals surface area contributed by atoms with Gasteiger partial charge in [-0.05, 0) is 6.92 Å². The van der Waals surface area contributed by atoms with Gasteiger partial charge in [0.25, 0.3) is 0 Å². The second-order valence-corrected chi connectivity index (χ2v) is 1.16. The summed E-state index contributed by atoms with van der Waals surface area (Å²) in [5, 5.41) is 3.35. The van der Waals surface area contributed by atoms with Crippen molar-refractivity contribution < 1.29 is 0 Å². The third kappa shape index (κ3) is 2.96. The van der Waals surface area contributed by atoms with E-state index in [0.717, 1.165) is 5.71 Å². The Morgan fingerprint density at radius 3 is 2.43 bits per heavy atom. The molecule has 0 atom stereocenters. The Kier molecular flexibility index (Phi) is 2.92. The van der Waals surface area contributed by atoms with Crippen LogP contribution in [0.5, 0.6) is 0 Å². The standard InChI is InChI=1S/C4H9N3/c1-4(7-5)3-6-2/h3H,5H2,1-2H3/b6-3?,7-4+. The molecule has 0 saturated carbocycles. The Bertz CT molecular complexity index is 93.1. The van der Waals surface area contributed by atoms with Crippen molar-refractivity contribution in [3.8, 4) is 0 Å². The monoisotopic (exact) mass is 99.1 g/mol. The average Bonchev–Trinajstić information content (AvgIpc) is 1.68. The molecule has 0 rings (SSSR count). The van der Waals surface area contributed by atoms with E-state index < -0.39 is 0 Å². The van der Waals surface area contributed by atoms with E-state index in [-0.39, 0.29) is 0 Å². The molecule has 0 fully saturated rings. The molecule has 0 amide bonds. The largest absolute Gasteiger partial charge is 0.323 e. The van der Waals surface area contributed by atoms with Crippen molar-refractivity contribution in [3.63, 3.8) is 0 Å². The molecular formula is C4H9N3. The number of hydrogen-bond donors (Lipinski definition) is 1. The summed E-state index contributed by atoms with van der Waals surface area (Å²) < 4.78 is 0. The fourth-order valence-corrected chi connectivity index (χ4v) is 0.220. The van der Waals surface area contributed by atoms with E-state index >= 15 is 0 Å². The van der Waals surface area contributed by atoms with Gasteiger partial charge in [-0.25, -0.2) is 0 Å². The number of rotatable bonds is 1. The molecule has 0 spiro atoms. The molecule has 0 unspecified atom stereocenters. The predicted molar refractivity (Wildman–Crippen MR) is 31.7 cm³/mol. The number of hydrazone groups is 1. The van der Waals surface area contributed by atoms with Gasteiger partial charge in [-0.2, -0.15) is 5.10 Å². The van der Waals surface area contributed by atoms with E-state index in [9.17, 15) is 0 Å². The third-order valence-corrected chi connectivity index (χ3v) is 0.520. The van der Waals surface area contributed by atoms with Crippen LogP contribution in [-0.4, -0.2) is 19.0 Å². The van der Waals surface area contributed by atoms with E-state index in [1.807, 2.05) is 0 Å². The fourth-order valence-electron chi connectivity index (χ4n) is 0.220. The van der Waals surface area contributed by atoms with Gasteiger partial charge in [0.2, 0.25) is 0 Å². The van der Waals surface area contributed by atoms with E-state index in [4.69, 9.17) is 5.84 Å². The molecule has 0 bridgehead atoms. The van der Waals surface area contributed by atoms with Gasteiger partial charge in [0.05, 0.1) is 5.71 Å². The van der Waals surface area contributed by atoms with Crippen molar-refractivity contribution in [1.82, 2.24) is 0 Å². The Morgan fingerprint density at radius 2 is 2.29 bits per heavy atom. The highest BCUT2D eigenvalue weighted by atomic mass is 15.1. The minimum Gasteiger partial charge on any atom is -0.323 e. The summed E-state index contributed by atoms with van der Waals surface area (Å²) >= 11 is 0. The van der Waals surface area contributed by atoms with Crippen LogP contribution in [0.25, 0.3) is 0 Å². The van der Waals surface area contributed by atoms with Gasteiger partial charge in [0.1, 0.15) is 0 Å². The van der Waals surface area contributed by atoms with Gasteiger partial charge in [-0.15, -0.1) is 0 Å². The van der Waals surface area contributed by atoms with Crippen molar-refractivity contribution in [2.45, 2.75) is 6.92 Å². The van der Waals surface area contributed by atoms with Crippen LogP contribution in [0.3, 0.4) is 0 Å². The quantitative estimate of drug-likeness (QED) is 0.281. The lowest BCUT2D eigenvalue weighted by Crippen LogP contribution is -1.96. The maximum atomic E-state index is 4.85. The van der Waals surface area contributed by atoms with Gasteiger partial charge in [0.15, 0.2) is 0 Å². The molecular weight excluding hydrogens is 90.1 g/mol.